The highest BCUT2D eigenvalue weighted by Gasteiger charge is 2.23. The lowest BCUT2D eigenvalue weighted by molar-refractivity contribution is 0.144. The monoisotopic (exact) mass is 321 g/mol. The minimum absolute atomic E-state index is 0.195. The van der Waals surface area contributed by atoms with E-state index >= 15 is 0 Å². The third-order valence-electron chi connectivity index (χ3n) is 1.39. The highest BCUT2D eigenvalue weighted by atomic mass is 79.9. The first-order valence-electron chi connectivity index (χ1n) is 3.35. The number of aromatic nitrogens is 1. The second kappa shape index (κ2) is 4.18. The molecular formula is C6H3BrClF2NO3S. The Bertz CT molecular complexity index is 493. The summed E-state index contributed by atoms with van der Waals surface area (Å²) in [4.78, 5) is 3.08. The van der Waals surface area contributed by atoms with Crippen molar-refractivity contribution in [1.29, 1.82) is 0 Å². The van der Waals surface area contributed by atoms with Crippen LogP contribution in [-0.2, 0) is 9.05 Å². The van der Waals surface area contributed by atoms with Crippen molar-refractivity contribution in [1.82, 2.24) is 4.98 Å². The number of hydrogen-bond donors (Lipinski definition) is 1. The van der Waals surface area contributed by atoms with E-state index in [-0.39, 0.29) is 4.47 Å². The zero-order valence-electron chi connectivity index (χ0n) is 6.79. The lowest BCUT2D eigenvalue weighted by Crippen LogP contribution is -2.01. The molecule has 0 amide bonds. The van der Waals surface area contributed by atoms with Crippen molar-refractivity contribution in [3.8, 4) is 5.75 Å². The van der Waals surface area contributed by atoms with Gasteiger partial charge in [0.15, 0.2) is 5.75 Å². The molecule has 1 aromatic heterocycles. The molecule has 0 bridgehead atoms. The van der Waals surface area contributed by atoms with Crippen molar-refractivity contribution in [2.45, 2.75) is 11.5 Å². The van der Waals surface area contributed by atoms with Gasteiger partial charge in [0, 0.05) is 15.2 Å². The van der Waals surface area contributed by atoms with Crippen LogP contribution in [-0.4, -0.2) is 18.5 Å². The Hall–Kier alpha value is -0.470. The molecule has 0 aliphatic heterocycles. The van der Waals surface area contributed by atoms with Crippen LogP contribution in [0.3, 0.4) is 0 Å². The molecular weight excluding hydrogens is 319 g/mol. The summed E-state index contributed by atoms with van der Waals surface area (Å²) >= 11 is 2.71. The van der Waals surface area contributed by atoms with E-state index in [0.29, 0.717) is 0 Å². The van der Waals surface area contributed by atoms with Gasteiger partial charge in [0.25, 0.3) is 15.5 Å². The van der Waals surface area contributed by atoms with Gasteiger partial charge in [-0.15, -0.1) is 0 Å². The molecule has 0 saturated heterocycles. The molecule has 15 heavy (non-hydrogen) atoms. The van der Waals surface area contributed by atoms with E-state index in [1.54, 1.807) is 0 Å². The third-order valence-corrected chi connectivity index (χ3v) is 3.22. The van der Waals surface area contributed by atoms with Crippen LogP contribution in [0, 0.1) is 0 Å². The van der Waals surface area contributed by atoms with Crippen molar-refractivity contribution in [3.63, 3.8) is 0 Å². The highest BCUT2D eigenvalue weighted by Crippen LogP contribution is 2.33. The Morgan fingerprint density at radius 2 is 2.07 bits per heavy atom. The molecule has 1 N–H and O–H groups in total. The van der Waals surface area contributed by atoms with E-state index < -0.39 is 31.9 Å². The first kappa shape index (κ1) is 12.6. The second-order valence-electron chi connectivity index (χ2n) is 2.42. The van der Waals surface area contributed by atoms with Crippen molar-refractivity contribution < 1.29 is 22.3 Å². The molecule has 1 rings (SSSR count). The van der Waals surface area contributed by atoms with Crippen molar-refractivity contribution in [2.24, 2.45) is 0 Å². The van der Waals surface area contributed by atoms with Gasteiger partial charge in [-0.05, 0) is 22.0 Å². The summed E-state index contributed by atoms with van der Waals surface area (Å²) in [6, 6.07) is 0.795. The van der Waals surface area contributed by atoms with Gasteiger partial charge < -0.3 is 5.11 Å². The maximum Gasteiger partial charge on any atom is 0.282 e. The summed E-state index contributed by atoms with van der Waals surface area (Å²) in [5.74, 6) is -0.790. The van der Waals surface area contributed by atoms with E-state index in [4.69, 9.17) is 15.8 Å². The van der Waals surface area contributed by atoms with Crippen LogP contribution in [0.5, 0.6) is 5.75 Å². The Balaban J connectivity index is 3.50. The molecule has 0 saturated carbocycles. The minimum atomic E-state index is -4.35. The first-order chi connectivity index (χ1) is 6.73. The SMILES string of the molecule is O=S(=O)(Cl)c1nc(C(F)F)c(Br)cc1O. The molecule has 4 nitrogen and oxygen atoms in total. The average molecular weight is 323 g/mol. The lowest BCUT2D eigenvalue weighted by Gasteiger charge is -2.05. The first-order valence-corrected chi connectivity index (χ1v) is 6.46. The number of hydrogen-bond acceptors (Lipinski definition) is 4. The Morgan fingerprint density at radius 3 is 2.47 bits per heavy atom. The van der Waals surface area contributed by atoms with E-state index in [0.717, 1.165) is 6.07 Å². The number of aromatic hydroxyl groups is 1. The molecule has 0 spiro atoms. The fourth-order valence-electron chi connectivity index (χ4n) is 0.808. The highest BCUT2D eigenvalue weighted by molar-refractivity contribution is 9.10. The summed E-state index contributed by atoms with van der Waals surface area (Å²) in [6.07, 6.45) is -2.97. The predicted octanol–water partition coefficient (Wildman–Crippen LogP) is 2.41. The maximum absolute atomic E-state index is 12.3. The Morgan fingerprint density at radius 1 is 1.53 bits per heavy atom. The zero-order valence-corrected chi connectivity index (χ0v) is 9.94. The van der Waals surface area contributed by atoms with Crippen molar-refractivity contribution in [2.75, 3.05) is 0 Å². The smallest absolute Gasteiger partial charge is 0.282 e. The van der Waals surface area contributed by atoms with E-state index in [2.05, 4.69) is 20.9 Å². The molecule has 1 heterocycles. The normalized spacial score (nSPS) is 12.1. The standard InChI is InChI=1S/C6H3BrClF2NO3S/c7-2-1-3(12)6(15(8,13)14)11-4(2)5(9)10/h1,5,12H. The van der Waals surface area contributed by atoms with Crippen LogP contribution in [0.1, 0.15) is 12.1 Å². The summed E-state index contributed by atoms with van der Waals surface area (Å²) in [5, 5.41) is 8.15. The van der Waals surface area contributed by atoms with Crippen LogP contribution < -0.4 is 0 Å². The molecule has 84 valence electrons. The van der Waals surface area contributed by atoms with Crippen LogP contribution in [0.15, 0.2) is 15.6 Å². The largest absolute Gasteiger partial charge is 0.505 e. The Labute approximate surface area is 96.4 Å². The number of rotatable bonds is 2. The van der Waals surface area contributed by atoms with Gasteiger partial charge in [-0.25, -0.2) is 22.2 Å². The third kappa shape index (κ3) is 2.76. The number of halogens is 4. The molecule has 0 unspecified atom stereocenters. The van der Waals surface area contributed by atoms with Crippen LogP contribution in [0.25, 0.3) is 0 Å². The minimum Gasteiger partial charge on any atom is -0.505 e. The molecule has 0 aromatic carbocycles. The molecule has 0 radical (unpaired) electrons. The van der Waals surface area contributed by atoms with Crippen molar-refractivity contribution in [3.05, 3.63) is 16.2 Å². The lowest BCUT2D eigenvalue weighted by atomic mass is 10.3. The van der Waals surface area contributed by atoms with Gasteiger partial charge in [-0.3, -0.25) is 0 Å². The van der Waals surface area contributed by atoms with Gasteiger partial charge in [0.2, 0.25) is 5.03 Å². The van der Waals surface area contributed by atoms with Gasteiger partial charge >= 0.3 is 0 Å². The predicted molar refractivity (Wildman–Crippen MR) is 51.6 cm³/mol. The van der Waals surface area contributed by atoms with Crippen LogP contribution in [0.2, 0.25) is 0 Å². The number of alkyl halides is 2. The summed E-state index contributed by atoms with van der Waals surface area (Å²) in [6.45, 7) is 0. The van der Waals surface area contributed by atoms with E-state index in [1.807, 2.05) is 0 Å². The zero-order chi connectivity index (χ0) is 11.8. The molecule has 0 aliphatic carbocycles. The van der Waals surface area contributed by atoms with Crippen molar-refractivity contribution >= 4 is 35.7 Å². The quantitative estimate of drug-likeness (QED) is 0.849. The topological polar surface area (TPSA) is 67.3 Å². The Kier molecular flexibility index (Phi) is 3.51. The van der Waals surface area contributed by atoms with E-state index in [9.17, 15) is 17.2 Å². The van der Waals surface area contributed by atoms with Gasteiger partial charge in [-0.1, -0.05) is 0 Å². The molecule has 1 aromatic rings. The summed E-state index contributed by atoms with van der Waals surface area (Å²) in [7, 11) is 0.533. The van der Waals surface area contributed by atoms with Gasteiger partial charge in [0.05, 0.1) is 0 Å². The fraction of sp³-hybridized carbons (Fsp3) is 0.167. The number of nitrogens with zero attached hydrogens (tertiary/aromatic N) is 1. The van der Waals surface area contributed by atoms with Crippen LogP contribution in [0.4, 0.5) is 8.78 Å². The van der Waals surface area contributed by atoms with Gasteiger partial charge in [-0.2, -0.15) is 0 Å². The van der Waals surface area contributed by atoms with E-state index in [1.165, 1.54) is 0 Å². The molecule has 0 fully saturated rings. The molecule has 9 heteroatoms. The number of pyridine rings is 1. The fourth-order valence-corrected chi connectivity index (χ4v) is 2.14. The van der Waals surface area contributed by atoms with Crippen LogP contribution >= 0.6 is 26.6 Å². The maximum atomic E-state index is 12.3. The summed E-state index contributed by atoms with van der Waals surface area (Å²) in [5.41, 5.74) is -0.799. The molecule has 0 atom stereocenters. The summed E-state index contributed by atoms with van der Waals surface area (Å²) < 4.78 is 46.1. The average Bonchev–Trinajstić information content (AvgIpc) is 2.00. The van der Waals surface area contributed by atoms with Gasteiger partial charge in [0.1, 0.15) is 5.69 Å². The second-order valence-corrected chi connectivity index (χ2v) is 5.75. The molecule has 0 aliphatic rings.